The molecule has 0 saturated heterocycles. The minimum Gasteiger partial charge on any atom is -0.384 e. The van der Waals surface area contributed by atoms with Crippen molar-refractivity contribution in [3.05, 3.63) is 24.2 Å². The Hall–Kier alpha value is -1.27. The molecule has 0 fully saturated rings. The van der Waals surface area contributed by atoms with Crippen LogP contribution in [0, 0.1) is 5.41 Å². The molecule has 0 aromatic heterocycles. The molecule has 0 aliphatic carbocycles. The molecule has 6 heteroatoms. The zero-order valence-electron chi connectivity index (χ0n) is 9.33. The molecular formula is C10H19N5S. The second-order valence-corrected chi connectivity index (χ2v) is 4.09. The third kappa shape index (κ3) is 6.26. The number of thioether (sulfide) groups is 1. The highest BCUT2D eigenvalue weighted by atomic mass is 32.2. The molecule has 0 heterocycles. The quantitative estimate of drug-likeness (QED) is 0.217. The molecule has 0 aliphatic heterocycles. The van der Waals surface area contributed by atoms with Gasteiger partial charge in [-0.2, -0.15) is 0 Å². The van der Waals surface area contributed by atoms with Crippen molar-refractivity contribution in [2.24, 2.45) is 16.5 Å². The molecule has 0 atom stereocenters. The molecule has 16 heavy (non-hydrogen) atoms. The Morgan fingerprint density at radius 2 is 2.19 bits per heavy atom. The Kier molecular flexibility index (Phi) is 8.28. The molecule has 0 spiro atoms. The van der Waals surface area contributed by atoms with Crippen LogP contribution in [0.15, 0.2) is 29.2 Å². The van der Waals surface area contributed by atoms with Gasteiger partial charge in [-0.3, -0.25) is 10.4 Å². The smallest absolute Gasteiger partial charge is 0.133 e. The standard InChI is InChI=1S/C10H19N5S/c1-3-5-15-6-4-7-16-10(13)8(14-2)9(11)12/h3,13,15H,1-2,4-7,11-12H2. The van der Waals surface area contributed by atoms with Gasteiger partial charge in [0.25, 0.3) is 0 Å². The fraction of sp³-hybridized carbons (Fsp3) is 0.400. The zero-order valence-corrected chi connectivity index (χ0v) is 10.1. The van der Waals surface area contributed by atoms with Gasteiger partial charge in [-0.1, -0.05) is 6.08 Å². The lowest BCUT2D eigenvalue weighted by atomic mass is 10.4. The van der Waals surface area contributed by atoms with Crippen LogP contribution < -0.4 is 16.8 Å². The molecule has 0 aliphatic rings. The highest BCUT2D eigenvalue weighted by Crippen LogP contribution is 2.13. The van der Waals surface area contributed by atoms with Gasteiger partial charge in [0.2, 0.25) is 0 Å². The van der Waals surface area contributed by atoms with Gasteiger partial charge in [0.1, 0.15) is 16.6 Å². The van der Waals surface area contributed by atoms with E-state index in [1.165, 1.54) is 11.8 Å². The summed E-state index contributed by atoms with van der Waals surface area (Å²) in [6, 6.07) is 0. The second kappa shape index (κ2) is 8.99. The number of aliphatic imine (C=N–C) groups is 1. The first-order chi connectivity index (χ1) is 7.63. The Morgan fingerprint density at radius 1 is 1.50 bits per heavy atom. The van der Waals surface area contributed by atoms with Crippen LogP contribution in [0.5, 0.6) is 0 Å². The van der Waals surface area contributed by atoms with Crippen LogP contribution in [0.1, 0.15) is 6.42 Å². The van der Waals surface area contributed by atoms with E-state index in [4.69, 9.17) is 16.9 Å². The van der Waals surface area contributed by atoms with Gasteiger partial charge in [0.05, 0.1) is 0 Å². The Balaban J connectivity index is 3.77. The van der Waals surface area contributed by atoms with Crippen molar-refractivity contribution in [2.75, 3.05) is 18.8 Å². The summed E-state index contributed by atoms with van der Waals surface area (Å²) < 4.78 is 0. The molecule has 5 nitrogen and oxygen atoms in total. The van der Waals surface area contributed by atoms with Gasteiger partial charge in [-0.05, 0) is 19.7 Å². The molecule has 0 aromatic carbocycles. The lowest BCUT2D eigenvalue weighted by Gasteiger charge is -2.05. The minimum atomic E-state index is 0.0392. The summed E-state index contributed by atoms with van der Waals surface area (Å²) in [6.45, 7) is 8.63. The lowest BCUT2D eigenvalue weighted by Crippen LogP contribution is -2.17. The van der Waals surface area contributed by atoms with Crippen LogP contribution in [0.4, 0.5) is 0 Å². The molecule has 0 radical (unpaired) electrons. The predicted molar refractivity (Wildman–Crippen MR) is 72.8 cm³/mol. The van der Waals surface area contributed by atoms with Crippen LogP contribution in [-0.2, 0) is 0 Å². The van der Waals surface area contributed by atoms with Crippen molar-refractivity contribution in [2.45, 2.75) is 6.42 Å². The average Bonchev–Trinajstić information content (AvgIpc) is 2.23. The van der Waals surface area contributed by atoms with Crippen molar-refractivity contribution in [1.29, 1.82) is 5.41 Å². The number of nitrogens with two attached hydrogens (primary N) is 2. The average molecular weight is 241 g/mol. The monoisotopic (exact) mass is 241 g/mol. The number of hydrogen-bond donors (Lipinski definition) is 4. The third-order valence-corrected chi connectivity index (χ3v) is 2.65. The van der Waals surface area contributed by atoms with Crippen molar-refractivity contribution in [1.82, 2.24) is 5.32 Å². The summed E-state index contributed by atoms with van der Waals surface area (Å²) in [6.07, 6.45) is 2.77. The lowest BCUT2D eigenvalue weighted by molar-refractivity contribution is 0.735. The van der Waals surface area contributed by atoms with E-state index in [9.17, 15) is 0 Å². The fourth-order valence-corrected chi connectivity index (χ4v) is 1.75. The first-order valence-corrected chi connectivity index (χ1v) is 5.87. The van der Waals surface area contributed by atoms with Crippen LogP contribution in [0.2, 0.25) is 0 Å². The first kappa shape index (κ1) is 14.7. The van der Waals surface area contributed by atoms with Gasteiger partial charge in [-0.15, -0.1) is 18.3 Å². The maximum absolute atomic E-state index is 7.67. The van der Waals surface area contributed by atoms with E-state index < -0.39 is 0 Å². The molecule has 0 unspecified atom stereocenters. The topological polar surface area (TPSA) is 100 Å². The summed E-state index contributed by atoms with van der Waals surface area (Å²) in [5, 5.41) is 11.1. The SMILES string of the molecule is C=CCNCCCSC(=N)C(N=C)=C(N)N. The Labute approximate surface area is 101 Å². The maximum Gasteiger partial charge on any atom is 0.133 e. The summed E-state index contributed by atoms with van der Waals surface area (Å²) in [7, 11) is 0. The molecule has 0 bridgehead atoms. The van der Waals surface area contributed by atoms with E-state index in [0.717, 1.165) is 25.3 Å². The van der Waals surface area contributed by atoms with Gasteiger partial charge >= 0.3 is 0 Å². The van der Waals surface area contributed by atoms with Gasteiger partial charge in [0, 0.05) is 12.3 Å². The molecule has 0 aromatic rings. The van der Waals surface area contributed by atoms with Crippen LogP contribution >= 0.6 is 11.8 Å². The largest absolute Gasteiger partial charge is 0.384 e. The van der Waals surface area contributed by atoms with Crippen LogP contribution in [0.3, 0.4) is 0 Å². The van der Waals surface area contributed by atoms with Crippen LogP contribution in [0.25, 0.3) is 0 Å². The van der Waals surface area contributed by atoms with Crippen LogP contribution in [-0.4, -0.2) is 30.6 Å². The molecule has 0 amide bonds. The summed E-state index contributed by atoms with van der Waals surface area (Å²) >= 11 is 1.36. The van der Waals surface area contributed by atoms with E-state index >= 15 is 0 Å². The van der Waals surface area contributed by atoms with Crippen molar-refractivity contribution in [3.63, 3.8) is 0 Å². The van der Waals surface area contributed by atoms with E-state index in [2.05, 4.69) is 23.6 Å². The normalized spacial score (nSPS) is 9.50. The Morgan fingerprint density at radius 3 is 2.69 bits per heavy atom. The number of rotatable bonds is 8. The maximum atomic E-state index is 7.67. The number of nitrogens with one attached hydrogen (secondary N) is 2. The van der Waals surface area contributed by atoms with Gasteiger partial charge in [0.15, 0.2) is 0 Å². The number of hydrogen-bond acceptors (Lipinski definition) is 6. The molecule has 0 rings (SSSR count). The summed E-state index contributed by atoms with van der Waals surface area (Å²) in [5.74, 6) is 0.854. The highest BCUT2D eigenvalue weighted by Gasteiger charge is 2.06. The van der Waals surface area contributed by atoms with E-state index in [-0.39, 0.29) is 16.6 Å². The van der Waals surface area contributed by atoms with E-state index in [1.54, 1.807) is 0 Å². The predicted octanol–water partition coefficient (Wildman–Crippen LogP) is 0.650. The van der Waals surface area contributed by atoms with E-state index in [0.29, 0.717) is 0 Å². The molecule has 90 valence electrons. The molecular weight excluding hydrogens is 222 g/mol. The highest BCUT2D eigenvalue weighted by molar-refractivity contribution is 8.14. The zero-order chi connectivity index (χ0) is 12.4. The van der Waals surface area contributed by atoms with E-state index in [1.807, 2.05) is 6.08 Å². The third-order valence-electron chi connectivity index (χ3n) is 1.68. The van der Waals surface area contributed by atoms with Gasteiger partial charge in [-0.25, -0.2) is 0 Å². The molecule has 0 saturated carbocycles. The summed E-state index contributed by atoms with van der Waals surface area (Å²) in [4.78, 5) is 3.62. The van der Waals surface area contributed by atoms with Crippen molar-refractivity contribution < 1.29 is 0 Å². The van der Waals surface area contributed by atoms with Crippen molar-refractivity contribution >= 4 is 23.5 Å². The Bertz CT molecular complexity index is 281. The van der Waals surface area contributed by atoms with Gasteiger partial charge < -0.3 is 16.8 Å². The fourth-order valence-electron chi connectivity index (χ4n) is 0.938. The molecule has 6 N–H and O–H groups in total. The minimum absolute atomic E-state index is 0.0392. The first-order valence-electron chi connectivity index (χ1n) is 4.88. The summed E-state index contributed by atoms with van der Waals surface area (Å²) in [5.41, 5.74) is 11.0. The second-order valence-electron chi connectivity index (χ2n) is 2.99. The van der Waals surface area contributed by atoms with Crippen molar-refractivity contribution in [3.8, 4) is 0 Å². The number of nitrogens with zero attached hydrogens (tertiary/aromatic N) is 1.